The minimum atomic E-state index is -0.401. The van der Waals surface area contributed by atoms with Crippen molar-refractivity contribution in [2.75, 3.05) is 19.6 Å². The fraction of sp³-hybridized carbons (Fsp3) is 0.941. The van der Waals surface area contributed by atoms with Crippen LogP contribution >= 0.6 is 0 Å². The van der Waals surface area contributed by atoms with Gasteiger partial charge >= 0.3 is 6.09 Å². The van der Waals surface area contributed by atoms with Crippen molar-refractivity contribution in [2.24, 2.45) is 11.8 Å². The number of nitrogens with zero attached hydrogens (tertiary/aromatic N) is 1. The number of ether oxygens (including phenoxy) is 1. The molecule has 4 nitrogen and oxygen atoms in total. The van der Waals surface area contributed by atoms with Crippen LogP contribution in [0.1, 0.15) is 59.8 Å². The van der Waals surface area contributed by atoms with Crippen LogP contribution in [-0.2, 0) is 4.74 Å². The van der Waals surface area contributed by atoms with E-state index >= 15 is 0 Å². The Kier molecular flexibility index (Phi) is 5.53. The summed E-state index contributed by atoms with van der Waals surface area (Å²) in [6, 6.07) is 0.574. The lowest BCUT2D eigenvalue weighted by atomic mass is 9.86. The van der Waals surface area contributed by atoms with Crippen LogP contribution in [0.25, 0.3) is 0 Å². The maximum absolute atomic E-state index is 12.2. The Labute approximate surface area is 129 Å². The fourth-order valence-electron chi connectivity index (χ4n) is 3.84. The molecule has 1 heterocycles. The first-order valence-corrected chi connectivity index (χ1v) is 8.62. The molecule has 1 aliphatic heterocycles. The molecule has 0 aromatic rings. The van der Waals surface area contributed by atoms with Crippen LogP contribution in [0.15, 0.2) is 0 Å². The molecule has 1 saturated heterocycles. The Morgan fingerprint density at radius 1 is 1.24 bits per heavy atom. The molecular weight excluding hydrogens is 264 g/mol. The van der Waals surface area contributed by atoms with Crippen LogP contribution in [-0.4, -0.2) is 42.3 Å². The molecule has 0 bridgehead atoms. The molecule has 1 N–H and O–H groups in total. The molecule has 1 amide bonds. The van der Waals surface area contributed by atoms with Crippen molar-refractivity contribution in [3.8, 4) is 0 Å². The van der Waals surface area contributed by atoms with Gasteiger partial charge in [0, 0.05) is 19.1 Å². The van der Waals surface area contributed by atoms with Crippen LogP contribution in [0.2, 0.25) is 0 Å². The van der Waals surface area contributed by atoms with Crippen LogP contribution in [0.5, 0.6) is 0 Å². The second-order valence-electron chi connectivity index (χ2n) is 7.60. The molecule has 21 heavy (non-hydrogen) atoms. The number of carbonyl (C=O) groups excluding carboxylic acids is 1. The van der Waals surface area contributed by atoms with Gasteiger partial charge in [0.05, 0.1) is 0 Å². The molecule has 0 radical (unpaired) electrons. The zero-order valence-electron chi connectivity index (χ0n) is 14.2. The monoisotopic (exact) mass is 296 g/mol. The molecule has 1 aliphatic carbocycles. The van der Waals surface area contributed by atoms with Crippen molar-refractivity contribution in [1.82, 2.24) is 10.2 Å². The van der Waals surface area contributed by atoms with Crippen LogP contribution in [0.4, 0.5) is 4.79 Å². The summed E-state index contributed by atoms with van der Waals surface area (Å²) in [4.78, 5) is 14.1. The number of likely N-dealkylation sites (tertiary alicyclic amines) is 1. The number of nitrogens with one attached hydrogen (secondary N) is 1. The van der Waals surface area contributed by atoms with Gasteiger partial charge in [-0.3, -0.25) is 0 Å². The highest BCUT2D eigenvalue weighted by Gasteiger charge is 2.37. The van der Waals surface area contributed by atoms with Crippen LogP contribution in [0, 0.1) is 11.8 Å². The van der Waals surface area contributed by atoms with Gasteiger partial charge in [0.15, 0.2) is 0 Å². The van der Waals surface area contributed by atoms with Gasteiger partial charge in [0.25, 0.3) is 0 Å². The molecule has 2 fully saturated rings. The zero-order valence-corrected chi connectivity index (χ0v) is 14.2. The Balaban J connectivity index is 1.91. The third kappa shape index (κ3) is 4.60. The van der Waals surface area contributed by atoms with E-state index in [4.69, 9.17) is 4.74 Å². The zero-order chi connectivity index (χ0) is 15.5. The van der Waals surface area contributed by atoms with Crippen molar-refractivity contribution >= 4 is 6.09 Å². The average molecular weight is 296 g/mol. The summed E-state index contributed by atoms with van der Waals surface area (Å²) in [7, 11) is 0. The smallest absolute Gasteiger partial charge is 0.410 e. The summed E-state index contributed by atoms with van der Waals surface area (Å²) in [6.07, 6.45) is 6.39. The fourth-order valence-corrected chi connectivity index (χ4v) is 3.84. The molecule has 0 aromatic heterocycles. The SMILES string of the molecule is CCNC(C1CCCC1)C1CCN(C(=O)OC(C)(C)C)C1. The van der Waals surface area contributed by atoms with E-state index in [-0.39, 0.29) is 6.09 Å². The second-order valence-corrected chi connectivity index (χ2v) is 7.60. The standard InChI is InChI=1S/C17H32N2O2/c1-5-18-15(13-8-6-7-9-13)14-10-11-19(12-14)16(20)21-17(2,3)4/h13-15,18H,5-12H2,1-4H3. The first-order valence-electron chi connectivity index (χ1n) is 8.62. The largest absolute Gasteiger partial charge is 0.444 e. The van der Waals surface area contributed by atoms with Crippen molar-refractivity contribution in [3.05, 3.63) is 0 Å². The second kappa shape index (κ2) is 6.99. The van der Waals surface area contributed by atoms with E-state index in [9.17, 15) is 4.79 Å². The molecule has 122 valence electrons. The summed E-state index contributed by atoms with van der Waals surface area (Å²) in [6.45, 7) is 10.7. The average Bonchev–Trinajstić information content (AvgIpc) is 3.05. The summed E-state index contributed by atoms with van der Waals surface area (Å²) in [5, 5.41) is 3.70. The predicted octanol–water partition coefficient (Wildman–Crippen LogP) is 3.41. The number of carbonyl (C=O) groups is 1. The minimum Gasteiger partial charge on any atom is -0.444 e. The third-order valence-electron chi connectivity index (χ3n) is 4.73. The highest BCUT2D eigenvalue weighted by Crippen LogP contribution is 2.34. The quantitative estimate of drug-likeness (QED) is 0.864. The molecule has 2 unspecified atom stereocenters. The number of hydrogen-bond donors (Lipinski definition) is 1. The van der Waals surface area contributed by atoms with Crippen molar-refractivity contribution in [2.45, 2.75) is 71.4 Å². The van der Waals surface area contributed by atoms with E-state index in [2.05, 4.69) is 12.2 Å². The van der Waals surface area contributed by atoms with Gasteiger partial charge in [-0.15, -0.1) is 0 Å². The first kappa shape index (κ1) is 16.6. The lowest BCUT2D eigenvalue weighted by Crippen LogP contribution is -2.43. The number of hydrogen-bond acceptors (Lipinski definition) is 3. The van der Waals surface area contributed by atoms with Gasteiger partial charge in [-0.05, 0) is 58.4 Å². The summed E-state index contributed by atoms with van der Waals surface area (Å²) in [5.74, 6) is 1.38. The molecule has 2 atom stereocenters. The van der Waals surface area contributed by atoms with E-state index in [0.29, 0.717) is 12.0 Å². The van der Waals surface area contributed by atoms with E-state index in [1.54, 1.807) is 0 Å². The Hall–Kier alpha value is -0.770. The van der Waals surface area contributed by atoms with E-state index in [0.717, 1.165) is 32.0 Å². The molecule has 1 saturated carbocycles. The lowest BCUT2D eigenvalue weighted by Gasteiger charge is -2.30. The van der Waals surface area contributed by atoms with E-state index in [1.165, 1.54) is 25.7 Å². The molecule has 4 heteroatoms. The highest BCUT2D eigenvalue weighted by atomic mass is 16.6. The van der Waals surface area contributed by atoms with Crippen molar-refractivity contribution in [1.29, 1.82) is 0 Å². The topological polar surface area (TPSA) is 41.6 Å². The summed E-state index contributed by atoms with van der Waals surface area (Å²) >= 11 is 0. The Morgan fingerprint density at radius 2 is 1.90 bits per heavy atom. The van der Waals surface area contributed by atoms with Crippen molar-refractivity contribution < 1.29 is 9.53 Å². The molecule has 2 rings (SSSR count). The number of amides is 1. The summed E-state index contributed by atoms with van der Waals surface area (Å²) < 4.78 is 5.50. The van der Waals surface area contributed by atoms with Gasteiger partial charge < -0.3 is 15.0 Å². The Morgan fingerprint density at radius 3 is 2.48 bits per heavy atom. The summed E-state index contributed by atoms with van der Waals surface area (Å²) in [5.41, 5.74) is -0.401. The third-order valence-corrected chi connectivity index (χ3v) is 4.73. The first-order chi connectivity index (χ1) is 9.90. The van der Waals surface area contributed by atoms with Gasteiger partial charge in [0.2, 0.25) is 0 Å². The van der Waals surface area contributed by atoms with Crippen LogP contribution < -0.4 is 5.32 Å². The molecule has 2 aliphatic rings. The molecular formula is C17H32N2O2. The maximum Gasteiger partial charge on any atom is 0.410 e. The molecule has 0 spiro atoms. The minimum absolute atomic E-state index is 0.147. The van der Waals surface area contributed by atoms with Gasteiger partial charge in [-0.1, -0.05) is 19.8 Å². The Bertz CT molecular complexity index is 345. The van der Waals surface area contributed by atoms with Crippen LogP contribution in [0.3, 0.4) is 0 Å². The normalized spacial score (nSPS) is 25.3. The predicted molar refractivity (Wildman–Crippen MR) is 85.3 cm³/mol. The highest BCUT2D eigenvalue weighted by molar-refractivity contribution is 5.68. The van der Waals surface area contributed by atoms with Crippen molar-refractivity contribution in [3.63, 3.8) is 0 Å². The lowest BCUT2D eigenvalue weighted by molar-refractivity contribution is 0.0283. The van der Waals surface area contributed by atoms with Gasteiger partial charge in [0.1, 0.15) is 5.60 Å². The van der Waals surface area contributed by atoms with Gasteiger partial charge in [-0.25, -0.2) is 4.79 Å². The van der Waals surface area contributed by atoms with Gasteiger partial charge in [-0.2, -0.15) is 0 Å². The van der Waals surface area contributed by atoms with E-state index in [1.807, 2.05) is 25.7 Å². The van der Waals surface area contributed by atoms with E-state index < -0.39 is 5.60 Å². The number of rotatable bonds is 4. The molecule has 0 aromatic carbocycles. The maximum atomic E-state index is 12.2.